The molecule has 97 heavy (non-hydrogen) atoms. The summed E-state index contributed by atoms with van der Waals surface area (Å²) in [5, 5.41) is 11.4. The zero-order valence-electron chi connectivity index (χ0n) is 54.7. The van der Waals surface area contributed by atoms with Crippen molar-refractivity contribution in [1.82, 2.24) is 0 Å². The lowest BCUT2D eigenvalue weighted by molar-refractivity contribution is -0.387. The van der Waals surface area contributed by atoms with E-state index in [-0.39, 0.29) is 26.4 Å². The first-order chi connectivity index (χ1) is 46.5. The van der Waals surface area contributed by atoms with E-state index in [9.17, 15) is 43.5 Å². The van der Waals surface area contributed by atoms with Crippen molar-refractivity contribution in [1.29, 1.82) is 0 Å². The van der Waals surface area contributed by atoms with Gasteiger partial charge in [0, 0.05) is 55.4 Å². The molecule has 4 heterocycles. The molecule has 29 heteroatoms. The Morgan fingerprint density at radius 1 is 0.320 bits per heavy atom. The molecule has 0 saturated carbocycles. The highest BCUT2D eigenvalue weighted by Crippen LogP contribution is 2.40. The highest BCUT2D eigenvalue weighted by Gasteiger charge is 2.59. The average molecular weight is 1380 g/mol. The molecule has 0 unspecified atom stereocenters. The second kappa shape index (κ2) is 36.9. The smallest absolute Gasteiger partial charge is 0.303 e. The van der Waals surface area contributed by atoms with Gasteiger partial charge in [-0.3, -0.25) is 38.4 Å². The van der Waals surface area contributed by atoms with E-state index in [0.29, 0.717) is 11.1 Å². The van der Waals surface area contributed by atoms with Gasteiger partial charge in [0.15, 0.2) is 55.5 Å². The molecule has 4 aliphatic rings. The molecule has 4 aromatic rings. The monoisotopic (exact) mass is 1380 g/mol. The van der Waals surface area contributed by atoms with Gasteiger partial charge in [-0.05, 0) is 22.3 Å². The van der Waals surface area contributed by atoms with E-state index in [1.54, 1.807) is 60.7 Å². The van der Waals surface area contributed by atoms with Crippen LogP contribution in [-0.2, 0) is 155 Å². The fourth-order valence-corrected chi connectivity index (χ4v) is 11.8. The van der Waals surface area contributed by atoms with Crippen LogP contribution in [0.1, 0.15) is 77.6 Å². The summed E-state index contributed by atoms with van der Waals surface area (Å²) in [7, 11) is 0. The third-order valence-electron chi connectivity index (χ3n) is 15.4. The zero-order chi connectivity index (χ0) is 69.7. The minimum absolute atomic E-state index is 0.0180. The van der Waals surface area contributed by atoms with Gasteiger partial charge in [0.05, 0.1) is 39.6 Å². The number of ether oxygens (including phenoxy) is 19. The molecule has 0 aromatic heterocycles. The summed E-state index contributed by atoms with van der Waals surface area (Å²) < 4.78 is 121. The molecule has 20 atom stereocenters. The first kappa shape index (κ1) is 75.3. The Labute approximate surface area is 565 Å². The molecule has 0 bridgehead atoms. The molecule has 8 rings (SSSR count). The normalized spacial score (nSPS) is 30.1. The lowest BCUT2D eigenvalue weighted by Crippen LogP contribution is -2.68. The maximum absolute atomic E-state index is 13.4. The fourth-order valence-electron chi connectivity index (χ4n) is 11.4. The van der Waals surface area contributed by atoms with Gasteiger partial charge in [0.25, 0.3) is 0 Å². The largest absolute Gasteiger partial charge is 0.463 e. The van der Waals surface area contributed by atoms with Crippen LogP contribution in [0.2, 0.25) is 0 Å². The number of aliphatic hydroxyl groups is 1. The van der Waals surface area contributed by atoms with Crippen LogP contribution in [0.5, 0.6) is 0 Å². The van der Waals surface area contributed by atoms with E-state index < -0.39 is 196 Å². The molecule has 0 aliphatic carbocycles. The Morgan fingerprint density at radius 2 is 0.619 bits per heavy atom. The SMILES string of the molecule is CC(=O)OC[C@H]1O[C@@H](OC[C@H]2O[C@H](O[C@H]3[C@H](OCc4ccccc4)[C@@H](OCc4ccccc4)[C@@H](S)O[C@@H]3CO)[C@H](OCc3ccccc3)[C@@H](OCc3ccccc3)[C@@H]2O[C@@H]2O[C@H](COC(C)=O)[C@@H](OC(C)=O)[C@H](OC(C)=O)[C@H]2OC(C)=O)[C@H](OC(C)=O)[C@@H](OC(C)=O)[C@@H]1OC(C)=O. The van der Waals surface area contributed by atoms with Crippen LogP contribution in [-0.4, -0.2) is 201 Å². The van der Waals surface area contributed by atoms with Gasteiger partial charge in [-0.1, -0.05) is 121 Å². The number of benzene rings is 4. The van der Waals surface area contributed by atoms with Crippen LogP contribution >= 0.6 is 12.6 Å². The molecule has 28 nitrogen and oxygen atoms in total. The predicted octanol–water partition coefficient (Wildman–Crippen LogP) is 4.65. The highest BCUT2D eigenvalue weighted by molar-refractivity contribution is 7.80. The van der Waals surface area contributed by atoms with Gasteiger partial charge < -0.3 is 95.1 Å². The van der Waals surface area contributed by atoms with Crippen molar-refractivity contribution in [2.45, 2.75) is 204 Å². The summed E-state index contributed by atoms with van der Waals surface area (Å²) in [4.78, 5) is 103. The number of carbonyl (C=O) groups is 8. The lowest BCUT2D eigenvalue weighted by Gasteiger charge is -2.51. The number of hydrogen-bond donors (Lipinski definition) is 2. The molecule has 0 amide bonds. The number of thiol groups is 1. The standard InChI is InChI=1S/C68H82O28S/c1-37(70)78-34-50-55(85-39(3)72)59(87-41(5)74)62(89-43(7)76)65(91-50)84-36-52-54(96-67-63(90-44(8)77)60(88-42(6)75)56(86-40(4)73)51(93-67)35-79-38(2)71)57(80-30-45-21-13-9-14-22-45)61(82-32-47-25-17-11-18-26-47)66(92-52)95-53-49(29-69)94-68(97)64(83-33-48-27-19-12-20-28-48)58(53)81-31-46-23-15-10-16-24-46/h9-28,49-69,97H,29-36H2,1-8H3/t49-,50-,51-,52-,53-,54-,55-,56-,57+,58+,59+,60+,61-,62-,63-,64-,65-,66-,67+,68-/m1/s1. The van der Waals surface area contributed by atoms with Crippen molar-refractivity contribution in [3.8, 4) is 0 Å². The first-order valence-electron chi connectivity index (χ1n) is 31.3. The van der Waals surface area contributed by atoms with Crippen molar-refractivity contribution in [2.24, 2.45) is 0 Å². The average Bonchev–Trinajstić information content (AvgIpc) is 0.778. The Bertz CT molecular complexity index is 3190. The molecule has 4 saturated heterocycles. The summed E-state index contributed by atoms with van der Waals surface area (Å²) in [6, 6.07) is 36.3. The van der Waals surface area contributed by atoms with Gasteiger partial charge in [-0.25, -0.2) is 0 Å². The molecule has 4 aliphatic heterocycles. The van der Waals surface area contributed by atoms with Crippen LogP contribution in [0, 0.1) is 0 Å². The molecular formula is C68H82O28S. The quantitative estimate of drug-likeness (QED) is 0.0407. The third kappa shape index (κ3) is 22.0. The van der Waals surface area contributed by atoms with E-state index >= 15 is 0 Å². The van der Waals surface area contributed by atoms with E-state index in [0.717, 1.165) is 66.5 Å². The fraction of sp³-hybridized carbons (Fsp3) is 0.529. The summed E-state index contributed by atoms with van der Waals surface area (Å²) in [6.45, 7) is 5.36. The van der Waals surface area contributed by atoms with Gasteiger partial charge in [-0.2, -0.15) is 0 Å². The van der Waals surface area contributed by atoms with Crippen molar-refractivity contribution in [3.63, 3.8) is 0 Å². The van der Waals surface area contributed by atoms with Crippen LogP contribution in [0.15, 0.2) is 121 Å². The Kier molecular flexibility index (Phi) is 28.6. The van der Waals surface area contributed by atoms with Crippen molar-refractivity contribution < 1.29 is 133 Å². The number of carbonyl (C=O) groups excluding carboxylic acids is 8. The van der Waals surface area contributed by atoms with Gasteiger partial charge in [0.1, 0.15) is 79.7 Å². The maximum atomic E-state index is 13.4. The summed E-state index contributed by atoms with van der Waals surface area (Å²) in [5.74, 6) is -7.19. The van der Waals surface area contributed by atoms with E-state index in [1.807, 2.05) is 60.7 Å². The zero-order valence-corrected chi connectivity index (χ0v) is 55.6. The van der Waals surface area contributed by atoms with Crippen molar-refractivity contribution in [2.75, 3.05) is 26.4 Å². The highest BCUT2D eigenvalue weighted by atomic mass is 32.1. The van der Waals surface area contributed by atoms with E-state index in [4.69, 9.17) is 103 Å². The second-order valence-corrected chi connectivity index (χ2v) is 23.5. The minimum atomic E-state index is -1.95. The minimum Gasteiger partial charge on any atom is -0.463 e. The molecule has 0 spiro atoms. The Hall–Kier alpha value is -7.49. The summed E-state index contributed by atoms with van der Waals surface area (Å²) in [5.41, 5.74) is 1.75. The van der Waals surface area contributed by atoms with E-state index in [2.05, 4.69) is 0 Å². The summed E-state index contributed by atoms with van der Waals surface area (Å²) in [6.07, 6.45) is -30.1. The second-order valence-electron chi connectivity index (χ2n) is 23.0. The van der Waals surface area contributed by atoms with E-state index in [1.165, 1.54) is 0 Å². The van der Waals surface area contributed by atoms with Crippen LogP contribution in [0.25, 0.3) is 0 Å². The van der Waals surface area contributed by atoms with Gasteiger partial charge in [-0.15, -0.1) is 12.6 Å². The summed E-state index contributed by atoms with van der Waals surface area (Å²) >= 11 is 4.86. The maximum Gasteiger partial charge on any atom is 0.303 e. The Balaban J connectivity index is 1.32. The first-order valence-corrected chi connectivity index (χ1v) is 31.8. The van der Waals surface area contributed by atoms with Gasteiger partial charge in [0.2, 0.25) is 0 Å². The topological polar surface area (TPSA) is 332 Å². The number of rotatable bonds is 30. The van der Waals surface area contributed by atoms with Crippen LogP contribution in [0.4, 0.5) is 0 Å². The van der Waals surface area contributed by atoms with Crippen LogP contribution in [0.3, 0.4) is 0 Å². The van der Waals surface area contributed by atoms with Crippen LogP contribution < -0.4 is 0 Å². The number of esters is 8. The predicted molar refractivity (Wildman–Crippen MR) is 333 cm³/mol. The van der Waals surface area contributed by atoms with Gasteiger partial charge >= 0.3 is 47.8 Å². The Morgan fingerprint density at radius 3 is 0.990 bits per heavy atom. The molecule has 0 radical (unpaired) electrons. The van der Waals surface area contributed by atoms with Crippen molar-refractivity contribution >= 4 is 60.4 Å². The number of aliphatic hydroxyl groups excluding tert-OH is 1. The van der Waals surface area contributed by atoms with Crippen molar-refractivity contribution in [3.05, 3.63) is 144 Å². The lowest BCUT2D eigenvalue weighted by atomic mass is 9.95. The molecule has 528 valence electrons. The molecule has 1 N–H and O–H groups in total. The third-order valence-corrected chi connectivity index (χ3v) is 15.8. The molecular weight excluding hydrogens is 1300 g/mol. The number of hydrogen-bond acceptors (Lipinski definition) is 29. The molecule has 4 aromatic carbocycles. The molecule has 4 fully saturated rings.